The lowest BCUT2D eigenvalue weighted by Crippen LogP contribution is -2.45. The summed E-state index contributed by atoms with van der Waals surface area (Å²) in [6.45, 7) is 5.01. The Morgan fingerprint density at radius 3 is 2.81 bits per heavy atom. The first kappa shape index (κ1) is 15.0. The molecule has 0 aliphatic carbocycles. The van der Waals surface area contributed by atoms with Crippen LogP contribution in [-0.2, 0) is 9.84 Å². The SMILES string of the molecule is CC1CCN(C2CCS(=O)(=O)c3ccccc32)CC1CN. The summed E-state index contributed by atoms with van der Waals surface area (Å²) < 4.78 is 24.5. The van der Waals surface area contributed by atoms with Crippen LogP contribution < -0.4 is 5.73 Å². The van der Waals surface area contributed by atoms with Crippen LogP contribution in [0.15, 0.2) is 29.2 Å². The van der Waals surface area contributed by atoms with E-state index < -0.39 is 9.84 Å². The van der Waals surface area contributed by atoms with Crippen LogP contribution in [0.25, 0.3) is 0 Å². The fourth-order valence-corrected chi connectivity index (χ4v) is 5.32. The molecular formula is C16H24N2O2S. The van der Waals surface area contributed by atoms with Crippen molar-refractivity contribution in [2.24, 2.45) is 17.6 Å². The quantitative estimate of drug-likeness (QED) is 0.905. The summed E-state index contributed by atoms with van der Waals surface area (Å²) in [5, 5.41) is 0. The highest BCUT2D eigenvalue weighted by molar-refractivity contribution is 7.91. The Bertz CT molecular complexity index is 614. The molecule has 2 heterocycles. The van der Waals surface area contributed by atoms with Crippen molar-refractivity contribution in [2.45, 2.75) is 30.7 Å². The van der Waals surface area contributed by atoms with E-state index >= 15 is 0 Å². The number of rotatable bonds is 2. The van der Waals surface area contributed by atoms with E-state index in [9.17, 15) is 8.42 Å². The molecule has 0 bridgehead atoms. The Kier molecular flexibility index (Phi) is 4.08. The molecule has 0 amide bonds. The minimum Gasteiger partial charge on any atom is -0.330 e. The monoisotopic (exact) mass is 308 g/mol. The number of nitrogens with zero attached hydrogens (tertiary/aromatic N) is 1. The molecule has 0 radical (unpaired) electrons. The van der Waals surface area contributed by atoms with Crippen LogP contribution in [0.2, 0.25) is 0 Å². The van der Waals surface area contributed by atoms with Crippen LogP contribution in [0.4, 0.5) is 0 Å². The van der Waals surface area contributed by atoms with Crippen molar-refractivity contribution >= 4 is 9.84 Å². The van der Waals surface area contributed by atoms with Crippen molar-refractivity contribution in [1.82, 2.24) is 4.90 Å². The number of benzene rings is 1. The average molecular weight is 308 g/mol. The van der Waals surface area contributed by atoms with Gasteiger partial charge in [-0.3, -0.25) is 4.90 Å². The van der Waals surface area contributed by atoms with Crippen LogP contribution in [0.1, 0.15) is 31.4 Å². The lowest BCUT2D eigenvalue weighted by Gasteiger charge is -2.42. The molecule has 1 fully saturated rings. The number of piperidine rings is 1. The first-order valence-corrected chi connectivity index (χ1v) is 9.44. The maximum absolute atomic E-state index is 12.2. The summed E-state index contributed by atoms with van der Waals surface area (Å²) in [6, 6.07) is 7.72. The van der Waals surface area contributed by atoms with Gasteiger partial charge in [0.2, 0.25) is 0 Å². The molecule has 3 rings (SSSR count). The average Bonchev–Trinajstić information content (AvgIpc) is 2.48. The Balaban J connectivity index is 1.90. The Hall–Kier alpha value is -0.910. The molecule has 1 aromatic rings. The van der Waals surface area contributed by atoms with Gasteiger partial charge in [0.05, 0.1) is 10.6 Å². The van der Waals surface area contributed by atoms with E-state index in [0.717, 1.165) is 25.1 Å². The highest BCUT2D eigenvalue weighted by Crippen LogP contribution is 2.38. The zero-order valence-corrected chi connectivity index (χ0v) is 13.3. The van der Waals surface area contributed by atoms with Crippen molar-refractivity contribution < 1.29 is 8.42 Å². The molecule has 0 saturated carbocycles. The van der Waals surface area contributed by atoms with E-state index in [1.165, 1.54) is 0 Å². The van der Waals surface area contributed by atoms with Gasteiger partial charge in [0.1, 0.15) is 0 Å². The Morgan fingerprint density at radius 2 is 2.05 bits per heavy atom. The van der Waals surface area contributed by atoms with Crippen molar-refractivity contribution in [1.29, 1.82) is 0 Å². The third kappa shape index (κ3) is 2.74. The number of likely N-dealkylation sites (tertiary alicyclic amines) is 1. The second-order valence-electron chi connectivity index (χ2n) is 6.42. The van der Waals surface area contributed by atoms with E-state index in [-0.39, 0.29) is 11.8 Å². The van der Waals surface area contributed by atoms with Gasteiger partial charge in [0, 0.05) is 12.6 Å². The molecule has 3 atom stereocenters. The fourth-order valence-electron chi connectivity index (χ4n) is 3.72. The van der Waals surface area contributed by atoms with Crippen LogP contribution in [0.5, 0.6) is 0 Å². The molecule has 5 heteroatoms. The molecule has 21 heavy (non-hydrogen) atoms. The number of hydrogen-bond donors (Lipinski definition) is 1. The number of sulfone groups is 1. The summed E-state index contributed by atoms with van der Waals surface area (Å²) in [4.78, 5) is 2.98. The molecule has 0 spiro atoms. The second kappa shape index (κ2) is 5.71. The summed E-state index contributed by atoms with van der Waals surface area (Å²) in [7, 11) is -3.09. The summed E-state index contributed by atoms with van der Waals surface area (Å²) in [5.41, 5.74) is 6.88. The van der Waals surface area contributed by atoms with Gasteiger partial charge in [-0.05, 0) is 49.4 Å². The maximum Gasteiger partial charge on any atom is 0.178 e. The van der Waals surface area contributed by atoms with Crippen molar-refractivity contribution in [2.75, 3.05) is 25.4 Å². The van der Waals surface area contributed by atoms with Gasteiger partial charge in [-0.1, -0.05) is 25.1 Å². The van der Waals surface area contributed by atoms with Gasteiger partial charge in [-0.25, -0.2) is 8.42 Å². The van der Waals surface area contributed by atoms with E-state index in [4.69, 9.17) is 5.73 Å². The van der Waals surface area contributed by atoms with E-state index in [1.807, 2.05) is 18.2 Å². The van der Waals surface area contributed by atoms with Gasteiger partial charge in [-0.2, -0.15) is 0 Å². The lowest BCUT2D eigenvalue weighted by atomic mass is 9.85. The van der Waals surface area contributed by atoms with Gasteiger partial charge in [0.25, 0.3) is 0 Å². The zero-order chi connectivity index (χ0) is 15.0. The maximum atomic E-state index is 12.2. The van der Waals surface area contributed by atoms with Gasteiger partial charge in [-0.15, -0.1) is 0 Å². The van der Waals surface area contributed by atoms with Crippen molar-refractivity contribution in [3.63, 3.8) is 0 Å². The Morgan fingerprint density at radius 1 is 1.29 bits per heavy atom. The van der Waals surface area contributed by atoms with E-state index in [2.05, 4.69) is 11.8 Å². The third-order valence-corrected chi connectivity index (χ3v) is 6.98. The van der Waals surface area contributed by atoms with Crippen LogP contribution in [0.3, 0.4) is 0 Å². The van der Waals surface area contributed by atoms with Gasteiger partial charge >= 0.3 is 0 Å². The van der Waals surface area contributed by atoms with Crippen molar-refractivity contribution in [3.05, 3.63) is 29.8 Å². The third-order valence-electron chi connectivity index (χ3n) is 5.16. The number of nitrogens with two attached hydrogens (primary N) is 1. The summed E-state index contributed by atoms with van der Waals surface area (Å²) in [5.74, 6) is 1.44. The molecule has 116 valence electrons. The molecule has 0 aromatic heterocycles. The molecule has 1 aromatic carbocycles. The molecular weight excluding hydrogens is 284 g/mol. The van der Waals surface area contributed by atoms with Gasteiger partial charge < -0.3 is 5.73 Å². The second-order valence-corrected chi connectivity index (χ2v) is 8.50. The highest BCUT2D eigenvalue weighted by atomic mass is 32.2. The predicted molar refractivity (Wildman–Crippen MR) is 83.8 cm³/mol. The van der Waals surface area contributed by atoms with Crippen LogP contribution in [-0.4, -0.2) is 38.7 Å². The Labute approximate surface area is 127 Å². The molecule has 1 saturated heterocycles. The predicted octanol–water partition coefficient (Wildman–Crippen LogP) is 1.82. The van der Waals surface area contributed by atoms with Crippen LogP contribution >= 0.6 is 0 Å². The normalized spacial score (nSPS) is 32.6. The topological polar surface area (TPSA) is 63.4 Å². The lowest BCUT2D eigenvalue weighted by molar-refractivity contribution is 0.0866. The standard InChI is InChI=1S/C16H24N2O2S/c1-12-6-8-18(11-13(12)10-17)15-7-9-21(19,20)16-5-3-2-4-14(15)16/h2-5,12-13,15H,6-11,17H2,1H3. The molecule has 3 unspecified atom stereocenters. The number of hydrogen-bond acceptors (Lipinski definition) is 4. The summed E-state index contributed by atoms with van der Waals surface area (Å²) >= 11 is 0. The minimum atomic E-state index is -3.09. The molecule has 2 aliphatic heterocycles. The minimum absolute atomic E-state index is 0.228. The highest BCUT2D eigenvalue weighted by Gasteiger charge is 2.36. The zero-order valence-electron chi connectivity index (χ0n) is 12.5. The molecule has 2 aliphatic rings. The molecule has 2 N–H and O–H groups in total. The fraction of sp³-hybridized carbons (Fsp3) is 0.625. The summed E-state index contributed by atoms with van der Waals surface area (Å²) in [6.07, 6.45) is 1.85. The smallest absolute Gasteiger partial charge is 0.178 e. The van der Waals surface area contributed by atoms with E-state index in [1.54, 1.807) is 6.07 Å². The molecule has 4 nitrogen and oxygen atoms in total. The number of fused-ring (bicyclic) bond motifs is 1. The first-order valence-electron chi connectivity index (χ1n) is 7.78. The van der Waals surface area contributed by atoms with E-state index in [0.29, 0.717) is 29.7 Å². The van der Waals surface area contributed by atoms with Crippen molar-refractivity contribution in [3.8, 4) is 0 Å². The largest absolute Gasteiger partial charge is 0.330 e. The first-order chi connectivity index (χ1) is 10.0. The van der Waals surface area contributed by atoms with Crippen LogP contribution in [0, 0.1) is 11.8 Å². The van der Waals surface area contributed by atoms with Gasteiger partial charge in [0.15, 0.2) is 9.84 Å².